The summed E-state index contributed by atoms with van der Waals surface area (Å²) in [5.41, 5.74) is 2.46. The van der Waals surface area contributed by atoms with Crippen molar-refractivity contribution in [3.8, 4) is 0 Å². The van der Waals surface area contributed by atoms with Gasteiger partial charge >= 0.3 is 0 Å². The van der Waals surface area contributed by atoms with E-state index < -0.39 is 12.7 Å². The largest absolute Gasteiger partial charge is 0.394 e. The second-order valence-corrected chi connectivity index (χ2v) is 5.25. The van der Waals surface area contributed by atoms with Crippen molar-refractivity contribution in [3.05, 3.63) is 47.3 Å². The van der Waals surface area contributed by atoms with Crippen LogP contribution in [0.5, 0.6) is 0 Å². The quantitative estimate of drug-likeness (QED) is 0.787. The summed E-state index contributed by atoms with van der Waals surface area (Å²) in [6, 6.07) is 7.94. The Balaban J connectivity index is 2.05. The van der Waals surface area contributed by atoms with E-state index in [4.69, 9.17) is 5.11 Å². The highest BCUT2D eigenvalue weighted by molar-refractivity contribution is 5.91. The van der Waals surface area contributed by atoms with E-state index in [1.54, 1.807) is 17.9 Å². The lowest BCUT2D eigenvalue weighted by Crippen LogP contribution is -2.36. The van der Waals surface area contributed by atoms with E-state index in [0.717, 1.165) is 11.1 Å². The molecule has 0 aliphatic heterocycles. The predicted octanol–water partition coefficient (Wildman–Crippen LogP) is 0.0600. The molecule has 0 unspecified atom stereocenters. The molecule has 118 valence electrons. The molecule has 7 nitrogen and oxygen atoms in total. The van der Waals surface area contributed by atoms with E-state index in [2.05, 4.69) is 10.3 Å². The molecule has 0 saturated carbocycles. The van der Waals surface area contributed by atoms with Crippen molar-refractivity contribution in [2.24, 2.45) is 0 Å². The minimum absolute atomic E-state index is 0.0417. The molecule has 2 rings (SSSR count). The molecule has 7 heteroatoms. The Labute approximate surface area is 128 Å². The highest BCUT2D eigenvalue weighted by Crippen LogP contribution is 2.09. The van der Waals surface area contributed by atoms with Crippen molar-refractivity contribution < 1.29 is 15.0 Å². The van der Waals surface area contributed by atoms with Crippen molar-refractivity contribution in [2.45, 2.75) is 19.6 Å². The Morgan fingerprint density at radius 3 is 2.82 bits per heavy atom. The van der Waals surface area contributed by atoms with Gasteiger partial charge in [0.25, 0.3) is 5.91 Å². The summed E-state index contributed by atoms with van der Waals surface area (Å²) in [4.78, 5) is 13.5. The summed E-state index contributed by atoms with van der Waals surface area (Å²) < 4.78 is 1.60. The first-order valence-corrected chi connectivity index (χ1v) is 7.00. The Morgan fingerprint density at radius 1 is 1.41 bits per heavy atom. The molecule has 1 atom stereocenters. The predicted molar refractivity (Wildman–Crippen MR) is 80.4 cm³/mol. The molecule has 0 bridgehead atoms. The number of aliphatic hydroxyl groups excluding tert-OH is 2. The summed E-state index contributed by atoms with van der Waals surface area (Å²) in [6.45, 7) is 2.20. The van der Waals surface area contributed by atoms with Crippen LogP contribution in [0.4, 0.5) is 0 Å². The summed E-state index contributed by atoms with van der Waals surface area (Å²) in [5.74, 6) is -0.344. The lowest BCUT2D eigenvalue weighted by molar-refractivity contribution is 0.0516. The number of nitrogens with zero attached hydrogens (tertiary/aromatic N) is 4. The Bertz CT molecular complexity index is 641. The zero-order valence-corrected chi connectivity index (χ0v) is 12.7. The lowest BCUT2D eigenvalue weighted by atomic mass is 10.1. The zero-order valence-electron chi connectivity index (χ0n) is 12.7. The maximum absolute atomic E-state index is 12.1. The molecule has 1 amide bonds. The Morgan fingerprint density at radius 2 is 2.14 bits per heavy atom. The molecule has 1 heterocycles. The average molecular weight is 304 g/mol. The van der Waals surface area contributed by atoms with Gasteiger partial charge in [-0.3, -0.25) is 4.79 Å². The lowest BCUT2D eigenvalue weighted by Gasteiger charge is -2.18. The maximum Gasteiger partial charge on any atom is 0.275 e. The smallest absolute Gasteiger partial charge is 0.275 e. The topological polar surface area (TPSA) is 91.5 Å². The number of hydrogen-bond acceptors (Lipinski definition) is 5. The van der Waals surface area contributed by atoms with Crippen LogP contribution in [-0.4, -0.2) is 62.3 Å². The third kappa shape index (κ3) is 3.90. The molecule has 0 aliphatic rings. The first-order valence-electron chi connectivity index (χ1n) is 7.00. The molecular weight excluding hydrogens is 284 g/mol. The number of likely N-dealkylation sites (N-methyl/N-ethyl adjacent to an activating group) is 1. The number of rotatable bonds is 6. The third-order valence-electron chi connectivity index (χ3n) is 3.39. The number of aliphatic hydroxyl groups is 2. The number of aromatic nitrogens is 3. The van der Waals surface area contributed by atoms with Gasteiger partial charge in [0.1, 0.15) is 0 Å². The summed E-state index contributed by atoms with van der Waals surface area (Å²) in [6.07, 6.45) is 0.618. The van der Waals surface area contributed by atoms with Crippen molar-refractivity contribution in [1.82, 2.24) is 19.9 Å². The molecular formula is C15H20N4O3. The van der Waals surface area contributed by atoms with Gasteiger partial charge in [-0.15, -0.1) is 5.10 Å². The van der Waals surface area contributed by atoms with Gasteiger partial charge in [-0.1, -0.05) is 29.5 Å². The number of carbonyl (C=O) groups is 1. The summed E-state index contributed by atoms with van der Waals surface area (Å²) in [7, 11) is 1.54. The monoisotopic (exact) mass is 304 g/mol. The number of amides is 1. The molecule has 2 aromatic rings. The normalized spacial score (nSPS) is 12.2. The molecule has 22 heavy (non-hydrogen) atoms. The van der Waals surface area contributed by atoms with E-state index >= 15 is 0 Å². The van der Waals surface area contributed by atoms with Crippen molar-refractivity contribution in [1.29, 1.82) is 0 Å². The number of aryl methyl sites for hydroxylation is 1. The van der Waals surface area contributed by atoms with Crippen LogP contribution < -0.4 is 0 Å². The second-order valence-electron chi connectivity index (χ2n) is 5.25. The highest BCUT2D eigenvalue weighted by atomic mass is 16.3. The summed E-state index contributed by atoms with van der Waals surface area (Å²) in [5, 5.41) is 26.0. The van der Waals surface area contributed by atoms with E-state index in [9.17, 15) is 9.90 Å². The second kappa shape index (κ2) is 7.15. The minimum Gasteiger partial charge on any atom is -0.394 e. The maximum atomic E-state index is 12.1. The number of carbonyl (C=O) groups excluding carboxylic acids is 1. The standard InChI is InChI=1S/C15H20N4O3/c1-11-5-3-4-6-12(11)7-19-9-14(16-17-19)15(22)18(2)8-13(21)10-20/h3-6,9,13,20-21H,7-8,10H2,1-2H3/t13-/m0/s1. The fourth-order valence-electron chi connectivity index (χ4n) is 2.09. The molecule has 0 radical (unpaired) electrons. The van der Waals surface area contributed by atoms with E-state index in [1.807, 2.05) is 31.2 Å². The van der Waals surface area contributed by atoms with Gasteiger partial charge in [0.15, 0.2) is 5.69 Å². The molecule has 1 aromatic carbocycles. The van der Waals surface area contributed by atoms with Gasteiger partial charge in [-0.2, -0.15) is 0 Å². The van der Waals surface area contributed by atoms with Gasteiger partial charge in [0.2, 0.25) is 0 Å². The SMILES string of the molecule is Cc1ccccc1Cn1cc(C(=O)N(C)C[C@H](O)CO)nn1. The molecule has 0 spiro atoms. The fourth-order valence-corrected chi connectivity index (χ4v) is 2.09. The van der Waals surface area contributed by atoms with Gasteiger partial charge in [0.05, 0.1) is 25.5 Å². The van der Waals surface area contributed by atoms with Crippen molar-refractivity contribution in [3.63, 3.8) is 0 Å². The molecule has 0 aliphatic carbocycles. The van der Waals surface area contributed by atoms with Crippen LogP contribution >= 0.6 is 0 Å². The molecule has 2 N–H and O–H groups in total. The van der Waals surface area contributed by atoms with Gasteiger partial charge < -0.3 is 15.1 Å². The first kappa shape index (κ1) is 16.1. The Hall–Kier alpha value is -2.25. The molecule has 1 aromatic heterocycles. The fraction of sp³-hybridized carbons (Fsp3) is 0.400. The van der Waals surface area contributed by atoms with Gasteiger partial charge in [-0.25, -0.2) is 4.68 Å². The van der Waals surface area contributed by atoms with E-state index in [-0.39, 0.29) is 18.1 Å². The third-order valence-corrected chi connectivity index (χ3v) is 3.39. The number of benzene rings is 1. The van der Waals surface area contributed by atoms with Crippen LogP contribution in [0.3, 0.4) is 0 Å². The van der Waals surface area contributed by atoms with Crippen LogP contribution in [0.25, 0.3) is 0 Å². The average Bonchev–Trinajstić information content (AvgIpc) is 2.97. The minimum atomic E-state index is -0.962. The van der Waals surface area contributed by atoms with Crippen LogP contribution in [-0.2, 0) is 6.54 Å². The van der Waals surface area contributed by atoms with Crippen LogP contribution in [0, 0.1) is 6.92 Å². The van der Waals surface area contributed by atoms with Crippen molar-refractivity contribution in [2.75, 3.05) is 20.2 Å². The first-order chi connectivity index (χ1) is 10.5. The summed E-state index contributed by atoms with van der Waals surface area (Å²) >= 11 is 0. The van der Waals surface area contributed by atoms with Crippen LogP contribution in [0.2, 0.25) is 0 Å². The van der Waals surface area contributed by atoms with Crippen molar-refractivity contribution >= 4 is 5.91 Å². The van der Waals surface area contributed by atoms with Gasteiger partial charge in [0, 0.05) is 13.6 Å². The van der Waals surface area contributed by atoms with Crippen LogP contribution in [0.15, 0.2) is 30.5 Å². The van der Waals surface area contributed by atoms with E-state index in [1.165, 1.54) is 4.90 Å². The Kier molecular flexibility index (Phi) is 5.24. The molecule has 0 saturated heterocycles. The van der Waals surface area contributed by atoms with Crippen LogP contribution in [0.1, 0.15) is 21.6 Å². The zero-order chi connectivity index (χ0) is 16.1. The van der Waals surface area contributed by atoms with Gasteiger partial charge in [-0.05, 0) is 18.1 Å². The molecule has 0 fully saturated rings. The highest BCUT2D eigenvalue weighted by Gasteiger charge is 2.18. The van der Waals surface area contributed by atoms with E-state index in [0.29, 0.717) is 6.54 Å². The number of hydrogen-bond donors (Lipinski definition) is 2.